The van der Waals surface area contributed by atoms with Gasteiger partial charge in [-0.25, -0.2) is 0 Å². The zero-order chi connectivity index (χ0) is 18.7. The highest BCUT2D eigenvalue weighted by atomic mass is 35.5. The van der Waals surface area contributed by atoms with Crippen LogP contribution in [0.25, 0.3) is 0 Å². The summed E-state index contributed by atoms with van der Waals surface area (Å²) in [5.74, 6) is 0.604. The zero-order valence-electron chi connectivity index (χ0n) is 13.1. The van der Waals surface area contributed by atoms with E-state index in [1.807, 2.05) is 18.3 Å². The lowest BCUT2D eigenvalue weighted by atomic mass is 10.2. The largest absolute Gasteiger partial charge is 0.332 e. The summed E-state index contributed by atoms with van der Waals surface area (Å²) in [7, 11) is 0. The number of aromatic nitrogens is 2. The molecule has 0 saturated carbocycles. The molecule has 4 nitrogen and oxygen atoms in total. The number of hydrogen-bond acceptors (Lipinski definition) is 2. The first-order chi connectivity index (χ1) is 12.4. The smallest absolute Gasteiger partial charge is 0.176 e. The Morgan fingerprint density at radius 1 is 0.923 bits per heavy atom. The van der Waals surface area contributed by atoms with Crippen LogP contribution in [0.4, 0.5) is 11.5 Å². The summed E-state index contributed by atoms with van der Waals surface area (Å²) >= 11 is 29.3. The van der Waals surface area contributed by atoms with Gasteiger partial charge in [-0.2, -0.15) is 5.10 Å². The maximum Gasteiger partial charge on any atom is 0.176 e. The molecule has 0 spiro atoms. The number of halogens is 4. The van der Waals surface area contributed by atoms with Crippen molar-refractivity contribution in [1.29, 1.82) is 0 Å². The Labute approximate surface area is 176 Å². The first-order valence-corrected chi connectivity index (χ1v) is 9.33. The molecule has 2 aromatic carbocycles. The molecule has 2 N–H and O–H groups in total. The van der Waals surface area contributed by atoms with Crippen LogP contribution in [0.2, 0.25) is 20.1 Å². The number of rotatable bonds is 4. The van der Waals surface area contributed by atoms with Crippen molar-refractivity contribution in [2.24, 2.45) is 0 Å². The van der Waals surface area contributed by atoms with Crippen molar-refractivity contribution < 1.29 is 0 Å². The van der Waals surface area contributed by atoms with Gasteiger partial charge in [0.25, 0.3) is 0 Å². The Morgan fingerprint density at radius 3 is 2.46 bits per heavy atom. The Balaban J connectivity index is 1.62. The lowest BCUT2D eigenvalue weighted by molar-refractivity contribution is 0.690. The summed E-state index contributed by atoms with van der Waals surface area (Å²) in [6.07, 6.45) is 1.83. The summed E-state index contributed by atoms with van der Waals surface area (Å²) in [4.78, 5) is 0. The van der Waals surface area contributed by atoms with Gasteiger partial charge in [-0.3, -0.25) is 4.68 Å². The number of anilines is 2. The summed E-state index contributed by atoms with van der Waals surface area (Å²) in [6, 6.07) is 12.4. The lowest BCUT2D eigenvalue weighted by Gasteiger charge is -2.09. The highest BCUT2D eigenvalue weighted by Crippen LogP contribution is 2.25. The predicted molar refractivity (Wildman–Crippen MR) is 114 cm³/mol. The standard InChI is InChI=1S/C17H12Cl4N4S/c18-11-2-1-10(14(20)7-11)9-25-6-5-16(24-25)23-17(26)22-12-3-4-13(19)15(21)8-12/h1-8H,9H2,(H2,22,23,24,26). The van der Waals surface area contributed by atoms with Crippen molar-refractivity contribution in [3.63, 3.8) is 0 Å². The Morgan fingerprint density at radius 2 is 1.73 bits per heavy atom. The summed E-state index contributed by atoms with van der Waals surface area (Å²) in [6.45, 7) is 0.519. The number of nitrogens with one attached hydrogen (secondary N) is 2. The van der Waals surface area contributed by atoms with E-state index in [9.17, 15) is 0 Å². The molecule has 26 heavy (non-hydrogen) atoms. The van der Waals surface area contributed by atoms with E-state index in [1.165, 1.54) is 0 Å². The summed E-state index contributed by atoms with van der Waals surface area (Å²) in [5.41, 5.74) is 1.64. The molecule has 0 saturated heterocycles. The first kappa shape index (κ1) is 19.3. The molecule has 0 amide bonds. The van der Waals surface area contributed by atoms with Crippen LogP contribution in [0.5, 0.6) is 0 Å². The molecule has 3 aromatic rings. The van der Waals surface area contributed by atoms with Gasteiger partial charge in [0.1, 0.15) is 0 Å². The lowest BCUT2D eigenvalue weighted by Crippen LogP contribution is -2.19. The molecule has 0 unspecified atom stereocenters. The van der Waals surface area contributed by atoms with Gasteiger partial charge in [0.05, 0.1) is 16.6 Å². The Kier molecular flexibility index (Phi) is 6.27. The molecule has 3 rings (SSSR count). The predicted octanol–water partition coefficient (Wildman–Crippen LogP) is 6.35. The maximum atomic E-state index is 6.19. The van der Waals surface area contributed by atoms with Gasteiger partial charge in [-0.15, -0.1) is 0 Å². The molecule has 0 fully saturated rings. The molecule has 0 aliphatic heterocycles. The summed E-state index contributed by atoms with van der Waals surface area (Å²) < 4.78 is 1.75. The van der Waals surface area contributed by atoms with E-state index in [1.54, 1.807) is 35.0 Å². The van der Waals surface area contributed by atoms with E-state index in [-0.39, 0.29) is 0 Å². The second-order valence-electron chi connectivity index (χ2n) is 5.34. The molecule has 0 atom stereocenters. The monoisotopic (exact) mass is 444 g/mol. The van der Waals surface area contributed by atoms with Gasteiger partial charge >= 0.3 is 0 Å². The normalized spacial score (nSPS) is 10.6. The third-order valence-corrected chi connectivity index (χ3v) is 4.94. The summed E-state index contributed by atoms with van der Waals surface area (Å²) in [5, 5.41) is 13.0. The molecular formula is C17H12Cl4N4S. The molecular weight excluding hydrogens is 434 g/mol. The second-order valence-corrected chi connectivity index (χ2v) is 7.41. The molecule has 134 valence electrons. The van der Waals surface area contributed by atoms with Crippen LogP contribution >= 0.6 is 58.6 Å². The van der Waals surface area contributed by atoms with Gasteiger partial charge in [0, 0.05) is 28.0 Å². The quantitative estimate of drug-likeness (QED) is 0.458. The van der Waals surface area contributed by atoms with Crippen molar-refractivity contribution >= 4 is 75.2 Å². The molecule has 0 radical (unpaired) electrons. The highest BCUT2D eigenvalue weighted by Gasteiger charge is 2.06. The van der Waals surface area contributed by atoms with Crippen molar-refractivity contribution in [2.45, 2.75) is 6.54 Å². The van der Waals surface area contributed by atoms with Gasteiger partial charge < -0.3 is 10.6 Å². The highest BCUT2D eigenvalue weighted by molar-refractivity contribution is 7.80. The van der Waals surface area contributed by atoms with E-state index in [0.29, 0.717) is 37.6 Å². The van der Waals surface area contributed by atoms with Gasteiger partial charge in [-0.1, -0.05) is 52.5 Å². The van der Waals surface area contributed by atoms with Crippen LogP contribution in [0.1, 0.15) is 5.56 Å². The maximum absolute atomic E-state index is 6.19. The molecule has 1 aromatic heterocycles. The average molecular weight is 446 g/mol. The Hall–Kier alpha value is -1.50. The van der Waals surface area contributed by atoms with Gasteiger partial charge in [-0.05, 0) is 48.1 Å². The van der Waals surface area contributed by atoms with Crippen LogP contribution < -0.4 is 10.6 Å². The van der Waals surface area contributed by atoms with Crippen LogP contribution in [-0.2, 0) is 6.54 Å². The minimum atomic E-state index is 0.387. The van der Waals surface area contributed by atoms with E-state index in [4.69, 9.17) is 58.6 Å². The van der Waals surface area contributed by atoms with Gasteiger partial charge in [0.15, 0.2) is 10.9 Å². The minimum Gasteiger partial charge on any atom is -0.332 e. The van der Waals surface area contributed by atoms with E-state index in [0.717, 1.165) is 11.3 Å². The van der Waals surface area contributed by atoms with E-state index < -0.39 is 0 Å². The van der Waals surface area contributed by atoms with Crippen LogP contribution in [0, 0.1) is 0 Å². The first-order valence-electron chi connectivity index (χ1n) is 7.41. The SMILES string of the molecule is S=C(Nc1ccc(Cl)c(Cl)c1)Nc1ccn(Cc2ccc(Cl)cc2Cl)n1. The number of benzene rings is 2. The third kappa shape index (κ3) is 5.02. The van der Waals surface area contributed by atoms with E-state index in [2.05, 4.69) is 15.7 Å². The molecule has 1 heterocycles. The molecule has 0 bridgehead atoms. The fraction of sp³-hybridized carbons (Fsp3) is 0.0588. The molecule has 9 heteroatoms. The number of hydrogen-bond donors (Lipinski definition) is 2. The van der Waals surface area contributed by atoms with Crippen LogP contribution in [0.15, 0.2) is 48.7 Å². The fourth-order valence-corrected chi connectivity index (χ4v) is 3.18. The van der Waals surface area contributed by atoms with Crippen LogP contribution in [0.3, 0.4) is 0 Å². The van der Waals surface area contributed by atoms with Crippen molar-refractivity contribution in [1.82, 2.24) is 9.78 Å². The second kappa shape index (κ2) is 8.46. The molecule has 0 aliphatic rings. The molecule has 0 aliphatic carbocycles. The van der Waals surface area contributed by atoms with Crippen molar-refractivity contribution in [2.75, 3.05) is 10.6 Å². The number of nitrogens with zero attached hydrogens (tertiary/aromatic N) is 2. The van der Waals surface area contributed by atoms with E-state index >= 15 is 0 Å². The van der Waals surface area contributed by atoms with Crippen molar-refractivity contribution in [3.05, 3.63) is 74.3 Å². The van der Waals surface area contributed by atoms with Gasteiger partial charge in [0.2, 0.25) is 0 Å². The minimum absolute atomic E-state index is 0.387. The average Bonchev–Trinajstić information content (AvgIpc) is 3.00. The number of thiocarbonyl (C=S) groups is 1. The van der Waals surface area contributed by atoms with Crippen LogP contribution in [-0.4, -0.2) is 14.9 Å². The Bertz CT molecular complexity index is 958. The topological polar surface area (TPSA) is 41.9 Å². The van der Waals surface area contributed by atoms with Crippen molar-refractivity contribution in [3.8, 4) is 0 Å². The zero-order valence-corrected chi connectivity index (χ0v) is 17.0. The third-order valence-electron chi connectivity index (χ3n) is 3.41. The fourth-order valence-electron chi connectivity index (χ4n) is 2.19.